The van der Waals surface area contributed by atoms with E-state index in [0.29, 0.717) is 6.54 Å². The maximum absolute atomic E-state index is 12.6. The van der Waals surface area contributed by atoms with E-state index < -0.39 is 0 Å². The molecule has 5 nitrogen and oxygen atoms in total. The Morgan fingerprint density at radius 2 is 1.83 bits per heavy atom. The molecule has 0 fully saturated rings. The summed E-state index contributed by atoms with van der Waals surface area (Å²) in [6.07, 6.45) is 4.62. The molecule has 0 atom stereocenters. The molecular formula is C18H33ClN4O. The average molecular weight is 357 g/mol. The first-order valence-corrected chi connectivity index (χ1v) is 8.59. The number of rotatable bonds is 9. The fourth-order valence-corrected chi connectivity index (χ4v) is 2.42. The molecule has 2 amide bonds. The molecule has 1 aromatic heterocycles. The topological polar surface area (TPSA) is 48.5 Å². The van der Waals surface area contributed by atoms with Crippen LogP contribution in [0.3, 0.4) is 0 Å². The Morgan fingerprint density at radius 1 is 1.12 bits per heavy atom. The molecule has 6 heteroatoms. The van der Waals surface area contributed by atoms with Crippen molar-refractivity contribution >= 4 is 24.3 Å². The molecule has 0 saturated heterocycles. The van der Waals surface area contributed by atoms with E-state index in [2.05, 4.69) is 22.1 Å². The summed E-state index contributed by atoms with van der Waals surface area (Å²) in [6, 6.07) is 3.94. The highest BCUT2D eigenvalue weighted by molar-refractivity contribution is 5.91. The zero-order valence-electron chi connectivity index (χ0n) is 15.8. The van der Waals surface area contributed by atoms with E-state index in [4.69, 9.17) is 0 Å². The molecule has 0 spiro atoms. The highest BCUT2D eigenvalue weighted by atomic mass is 35.5. The van der Waals surface area contributed by atoms with Crippen LogP contribution in [0.15, 0.2) is 12.1 Å². The summed E-state index contributed by atoms with van der Waals surface area (Å²) in [5.41, 5.74) is 2.06. The first kappa shape index (κ1) is 22.7. The molecule has 24 heavy (non-hydrogen) atoms. The lowest BCUT2D eigenvalue weighted by Crippen LogP contribution is -2.44. The molecule has 0 unspecified atom stereocenters. The van der Waals surface area contributed by atoms with Gasteiger partial charge in [-0.25, -0.2) is 9.78 Å². The van der Waals surface area contributed by atoms with Gasteiger partial charge < -0.3 is 10.2 Å². The number of aryl methyl sites for hydroxylation is 2. The van der Waals surface area contributed by atoms with Crippen molar-refractivity contribution in [2.75, 3.05) is 38.6 Å². The lowest BCUT2D eigenvalue weighted by Gasteiger charge is -2.24. The minimum Gasteiger partial charge on any atom is -0.338 e. The van der Waals surface area contributed by atoms with Crippen LogP contribution in [-0.2, 0) is 0 Å². The molecule has 1 aromatic rings. The number of likely N-dealkylation sites (N-methyl/N-ethyl adjacent to an activating group) is 1. The molecule has 0 aliphatic carbocycles. The quantitative estimate of drug-likeness (QED) is 0.685. The van der Waals surface area contributed by atoms with E-state index in [-0.39, 0.29) is 18.4 Å². The van der Waals surface area contributed by atoms with Gasteiger partial charge in [-0.05, 0) is 52.1 Å². The Morgan fingerprint density at radius 3 is 2.42 bits per heavy atom. The zero-order chi connectivity index (χ0) is 17.2. The van der Waals surface area contributed by atoms with Crippen LogP contribution in [-0.4, -0.2) is 49.6 Å². The van der Waals surface area contributed by atoms with Gasteiger partial charge in [0.2, 0.25) is 0 Å². The number of unbranched alkanes of at least 4 members (excludes halogenated alkanes) is 3. The molecule has 138 valence electrons. The van der Waals surface area contributed by atoms with Gasteiger partial charge in [0.15, 0.2) is 0 Å². The summed E-state index contributed by atoms with van der Waals surface area (Å²) < 4.78 is 0. The van der Waals surface area contributed by atoms with Gasteiger partial charge in [0.05, 0.1) is 0 Å². The molecule has 1 heterocycles. The van der Waals surface area contributed by atoms with E-state index in [1.807, 2.05) is 40.1 Å². The van der Waals surface area contributed by atoms with Crippen molar-refractivity contribution in [1.82, 2.24) is 15.2 Å². The monoisotopic (exact) mass is 356 g/mol. The zero-order valence-corrected chi connectivity index (χ0v) is 16.6. The van der Waals surface area contributed by atoms with E-state index in [1.54, 1.807) is 4.90 Å². The number of carbonyl (C=O) groups excluding carboxylic acids is 1. The number of nitrogens with zero attached hydrogens (tertiary/aromatic N) is 3. The fourth-order valence-electron chi connectivity index (χ4n) is 2.42. The highest BCUT2D eigenvalue weighted by Gasteiger charge is 2.17. The van der Waals surface area contributed by atoms with Crippen LogP contribution in [0, 0.1) is 13.8 Å². The summed E-state index contributed by atoms with van der Waals surface area (Å²) in [4.78, 5) is 20.9. The number of anilines is 1. The van der Waals surface area contributed by atoms with Crippen molar-refractivity contribution in [3.05, 3.63) is 23.4 Å². The van der Waals surface area contributed by atoms with E-state index >= 15 is 0 Å². The Hall–Kier alpha value is -1.33. The molecule has 0 bridgehead atoms. The summed E-state index contributed by atoms with van der Waals surface area (Å²) in [5, 5.41) is 3.03. The largest absolute Gasteiger partial charge is 0.338 e. The molecule has 0 radical (unpaired) electrons. The van der Waals surface area contributed by atoms with E-state index in [9.17, 15) is 4.79 Å². The Kier molecular flexibility index (Phi) is 11.4. The van der Waals surface area contributed by atoms with Crippen LogP contribution in [0.4, 0.5) is 10.6 Å². The predicted octanol–water partition coefficient (Wildman–Crippen LogP) is 3.78. The summed E-state index contributed by atoms with van der Waals surface area (Å²) in [7, 11) is 4.02. The minimum absolute atomic E-state index is 0. The Labute approximate surface area is 153 Å². The third-order valence-electron chi connectivity index (χ3n) is 3.68. The SMILES string of the molecule is CCCCCCNC(=O)N(CCN(C)C)c1cc(C)cc(C)n1.Cl. The summed E-state index contributed by atoms with van der Waals surface area (Å²) in [6.45, 7) is 8.34. The number of nitrogens with one attached hydrogen (secondary N) is 1. The normalized spacial score (nSPS) is 10.4. The van der Waals surface area contributed by atoms with Gasteiger partial charge in [-0.15, -0.1) is 12.4 Å². The molecule has 1 N–H and O–H groups in total. The van der Waals surface area contributed by atoms with Gasteiger partial charge in [-0.1, -0.05) is 26.2 Å². The lowest BCUT2D eigenvalue weighted by atomic mass is 10.2. The highest BCUT2D eigenvalue weighted by Crippen LogP contribution is 2.15. The van der Waals surface area contributed by atoms with Crippen molar-refractivity contribution < 1.29 is 4.79 Å². The predicted molar refractivity (Wildman–Crippen MR) is 104 cm³/mol. The van der Waals surface area contributed by atoms with E-state index in [0.717, 1.165) is 43.0 Å². The molecular weight excluding hydrogens is 324 g/mol. The van der Waals surface area contributed by atoms with Crippen LogP contribution >= 0.6 is 12.4 Å². The molecule has 0 aromatic carbocycles. The maximum atomic E-state index is 12.6. The smallest absolute Gasteiger partial charge is 0.323 e. The van der Waals surface area contributed by atoms with Crippen molar-refractivity contribution in [3.8, 4) is 0 Å². The van der Waals surface area contributed by atoms with Crippen molar-refractivity contribution in [2.24, 2.45) is 0 Å². The van der Waals surface area contributed by atoms with Crippen LogP contribution < -0.4 is 10.2 Å². The Balaban J connectivity index is 0.00000529. The second-order valence-corrected chi connectivity index (χ2v) is 6.39. The van der Waals surface area contributed by atoms with Gasteiger partial charge >= 0.3 is 6.03 Å². The number of pyridine rings is 1. The second-order valence-electron chi connectivity index (χ2n) is 6.39. The van der Waals surface area contributed by atoms with Crippen LogP contribution in [0.25, 0.3) is 0 Å². The fraction of sp³-hybridized carbons (Fsp3) is 0.667. The molecule has 1 rings (SSSR count). The molecule has 0 aliphatic heterocycles. The van der Waals surface area contributed by atoms with Gasteiger partial charge in [0.1, 0.15) is 5.82 Å². The number of urea groups is 1. The minimum atomic E-state index is -0.0548. The number of halogens is 1. The van der Waals surface area contributed by atoms with Crippen molar-refractivity contribution in [3.63, 3.8) is 0 Å². The standard InChI is InChI=1S/C18H32N4O.ClH/c1-6-7-8-9-10-19-18(23)22(12-11-21(4)5)17-14-15(2)13-16(3)20-17;/h13-14H,6-12H2,1-5H3,(H,19,23);1H. The number of amides is 2. The number of carbonyl (C=O) groups is 1. The maximum Gasteiger partial charge on any atom is 0.323 e. The van der Waals surface area contributed by atoms with Gasteiger partial charge in [-0.2, -0.15) is 0 Å². The van der Waals surface area contributed by atoms with Gasteiger partial charge in [0.25, 0.3) is 0 Å². The first-order valence-electron chi connectivity index (χ1n) is 8.59. The van der Waals surface area contributed by atoms with Gasteiger partial charge in [0, 0.05) is 25.3 Å². The average Bonchev–Trinajstić information content (AvgIpc) is 2.46. The first-order chi connectivity index (χ1) is 10.9. The second kappa shape index (κ2) is 12.1. The Bertz CT molecular complexity index is 474. The van der Waals surface area contributed by atoms with E-state index in [1.165, 1.54) is 12.8 Å². The molecule has 0 aliphatic rings. The van der Waals surface area contributed by atoms with Crippen LogP contribution in [0.2, 0.25) is 0 Å². The van der Waals surface area contributed by atoms with Gasteiger partial charge in [-0.3, -0.25) is 4.90 Å². The molecule has 0 saturated carbocycles. The third-order valence-corrected chi connectivity index (χ3v) is 3.68. The number of hydrogen-bond acceptors (Lipinski definition) is 3. The summed E-state index contributed by atoms with van der Waals surface area (Å²) >= 11 is 0. The number of aromatic nitrogens is 1. The van der Waals surface area contributed by atoms with Crippen LogP contribution in [0.1, 0.15) is 43.9 Å². The number of hydrogen-bond donors (Lipinski definition) is 1. The third kappa shape index (κ3) is 8.50. The lowest BCUT2D eigenvalue weighted by molar-refractivity contribution is 0.245. The van der Waals surface area contributed by atoms with Crippen LogP contribution in [0.5, 0.6) is 0 Å². The van der Waals surface area contributed by atoms with Crippen molar-refractivity contribution in [2.45, 2.75) is 46.5 Å². The van der Waals surface area contributed by atoms with Crippen molar-refractivity contribution in [1.29, 1.82) is 0 Å². The summed E-state index contributed by atoms with van der Waals surface area (Å²) in [5.74, 6) is 0.732.